The number of aliphatic hydroxyl groups excluding tert-OH is 1. The van der Waals surface area contributed by atoms with Gasteiger partial charge in [0, 0.05) is 15.4 Å². The van der Waals surface area contributed by atoms with Gasteiger partial charge in [-0.2, -0.15) is 0 Å². The normalized spacial score (nSPS) is 12.7. The monoisotopic (exact) mass is 344 g/mol. The van der Waals surface area contributed by atoms with E-state index in [1.54, 1.807) is 6.26 Å². The van der Waals surface area contributed by atoms with Gasteiger partial charge in [-0.3, -0.25) is 0 Å². The van der Waals surface area contributed by atoms with Crippen molar-refractivity contribution in [3.63, 3.8) is 0 Å². The Hall–Kier alpha value is -0.580. The second-order valence-electron chi connectivity index (χ2n) is 3.50. The van der Waals surface area contributed by atoms with Gasteiger partial charge in [0.25, 0.3) is 0 Å². The standard InChI is InChI=1S/C12H10Br2O2/c13-9-4-8(5-10(14)6-9)12(15)7-11-2-1-3-16-11/h1-6,12,15H,7H2. The zero-order valence-electron chi connectivity index (χ0n) is 8.36. The molecular weight excluding hydrogens is 336 g/mol. The van der Waals surface area contributed by atoms with Gasteiger partial charge in [-0.25, -0.2) is 0 Å². The van der Waals surface area contributed by atoms with Crippen LogP contribution in [0.5, 0.6) is 0 Å². The lowest BCUT2D eigenvalue weighted by Gasteiger charge is -2.10. The van der Waals surface area contributed by atoms with Crippen molar-refractivity contribution in [3.8, 4) is 0 Å². The quantitative estimate of drug-likeness (QED) is 0.909. The second kappa shape index (κ2) is 5.17. The molecule has 0 spiro atoms. The number of hydrogen-bond acceptors (Lipinski definition) is 2. The molecule has 1 aromatic carbocycles. The zero-order chi connectivity index (χ0) is 11.5. The molecule has 2 rings (SSSR count). The third kappa shape index (κ3) is 2.97. The molecule has 0 fully saturated rings. The average Bonchev–Trinajstić information content (AvgIpc) is 2.68. The summed E-state index contributed by atoms with van der Waals surface area (Å²) in [6.45, 7) is 0. The van der Waals surface area contributed by atoms with Crippen molar-refractivity contribution < 1.29 is 9.52 Å². The molecule has 1 aromatic heterocycles. The zero-order valence-corrected chi connectivity index (χ0v) is 11.5. The number of furan rings is 1. The van der Waals surface area contributed by atoms with Gasteiger partial charge in [0.05, 0.1) is 12.4 Å². The minimum atomic E-state index is -0.556. The highest BCUT2D eigenvalue weighted by Gasteiger charge is 2.11. The van der Waals surface area contributed by atoms with E-state index in [4.69, 9.17) is 4.42 Å². The van der Waals surface area contributed by atoms with Gasteiger partial charge in [-0.1, -0.05) is 31.9 Å². The second-order valence-corrected chi connectivity index (χ2v) is 5.33. The molecule has 1 heterocycles. The third-order valence-corrected chi connectivity index (χ3v) is 3.16. The van der Waals surface area contributed by atoms with Crippen LogP contribution in [-0.4, -0.2) is 5.11 Å². The summed E-state index contributed by atoms with van der Waals surface area (Å²) in [5.74, 6) is 0.781. The molecule has 0 radical (unpaired) electrons. The van der Waals surface area contributed by atoms with Crippen LogP contribution in [0.15, 0.2) is 50.0 Å². The predicted molar refractivity (Wildman–Crippen MR) is 69.2 cm³/mol. The number of benzene rings is 1. The summed E-state index contributed by atoms with van der Waals surface area (Å²) < 4.78 is 7.08. The van der Waals surface area contributed by atoms with Gasteiger partial charge in [0.15, 0.2) is 0 Å². The Morgan fingerprint density at radius 3 is 2.44 bits per heavy atom. The molecule has 4 heteroatoms. The molecule has 0 saturated carbocycles. The van der Waals surface area contributed by atoms with E-state index in [0.29, 0.717) is 6.42 Å². The van der Waals surface area contributed by atoms with Crippen LogP contribution in [0.25, 0.3) is 0 Å². The number of hydrogen-bond donors (Lipinski definition) is 1. The van der Waals surface area contributed by atoms with Crippen LogP contribution in [0, 0.1) is 0 Å². The first-order valence-electron chi connectivity index (χ1n) is 4.81. The lowest BCUT2D eigenvalue weighted by atomic mass is 10.1. The highest BCUT2D eigenvalue weighted by Crippen LogP contribution is 2.26. The summed E-state index contributed by atoms with van der Waals surface area (Å²) in [6, 6.07) is 9.41. The van der Waals surface area contributed by atoms with E-state index >= 15 is 0 Å². The molecule has 0 amide bonds. The van der Waals surface area contributed by atoms with Crippen molar-refractivity contribution in [2.75, 3.05) is 0 Å². The highest BCUT2D eigenvalue weighted by atomic mass is 79.9. The fraction of sp³-hybridized carbons (Fsp3) is 0.167. The van der Waals surface area contributed by atoms with Crippen molar-refractivity contribution in [3.05, 3.63) is 56.9 Å². The predicted octanol–water partition coefficient (Wildman–Crippen LogP) is 4.08. The van der Waals surface area contributed by atoms with Crippen LogP contribution in [-0.2, 0) is 6.42 Å². The van der Waals surface area contributed by atoms with E-state index < -0.39 is 6.10 Å². The largest absolute Gasteiger partial charge is 0.469 e. The summed E-state index contributed by atoms with van der Waals surface area (Å²) in [7, 11) is 0. The van der Waals surface area contributed by atoms with Crippen LogP contribution < -0.4 is 0 Å². The molecule has 1 unspecified atom stereocenters. The third-order valence-electron chi connectivity index (χ3n) is 2.24. The van der Waals surface area contributed by atoms with E-state index in [1.165, 1.54) is 0 Å². The topological polar surface area (TPSA) is 33.4 Å². The molecule has 16 heavy (non-hydrogen) atoms. The fourth-order valence-corrected chi connectivity index (χ4v) is 2.83. The van der Waals surface area contributed by atoms with Crippen LogP contribution in [0.2, 0.25) is 0 Å². The SMILES string of the molecule is OC(Cc1ccco1)c1cc(Br)cc(Br)c1. The Morgan fingerprint density at radius 1 is 1.19 bits per heavy atom. The van der Waals surface area contributed by atoms with E-state index in [2.05, 4.69) is 31.9 Å². The van der Waals surface area contributed by atoms with Gasteiger partial charge >= 0.3 is 0 Å². The maximum atomic E-state index is 10.0. The number of rotatable bonds is 3. The van der Waals surface area contributed by atoms with Gasteiger partial charge < -0.3 is 9.52 Å². The van der Waals surface area contributed by atoms with E-state index in [0.717, 1.165) is 20.3 Å². The van der Waals surface area contributed by atoms with Crippen molar-refractivity contribution in [2.24, 2.45) is 0 Å². The summed E-state index contributed by atoms with van der Waals surface area (Å²) >= 11 is 6.79. The summed E-state index contributed by atoms with van der Waals surface area (Å²) in [5, 5.41) is 10.0. The maximum Gasteiger partial charge on any atom is 0.106 e. The Labute approximate surface area is 111 Å². The van der Waals surface area contributed by atoms with E-state index in [-0.39, 0.29) is 0 Å². The molecule has 0 aliphatic heterocycles. The highest BCUT2D eigenvalue weighted by molar-refractivity contribution is 9.11. The van der Waals surface area contributed by atoms with Crippen molar-refractivity contribution in [2.45, 2.75) is 12.5 Å². The maximum absolute atomic E-state index is 10.0. The molecule has 0 aliphatic rings. The molecular formula is C12H10Br2O2. The van der Waals surface area contributed by atoms with Gasteiger partial charge in [0.1, 0.15) is 5.76 Å². The number of aliphatic hydroxyl groups is 1. The fourth-order valence-electron chi connectivity index (χ4n) is 1.50. The van der Waals surface area contributed by atoms with Crippen molar-refractivity contribution in [1.29, 1.82) is 0 Å². The lowest BCUT2D eigenvalue weighted by Crippen LogP contribution is -2.01. The van der Waals surface area contributed by atoms with Gasteiger partial charge in [0.2, 0.25) is 0 Å². The lowest BCUT2D eigenvalue weighted by molar-refractivity contribution is 0.170. The minimum Gasteiger partial charge on any atom is -0.469 e. The molecule has 0 aliphatic carbocycles. The Balaban J connectivity index is 2.17. The van der Waals surface area contributed by atoms with E-state index in [9.17, 15) is 5.11 Å². The first kappa shape index (κ1) is 11.9. The molecule has 84 valence electrons. The summed E-state index contributed by atoms with van der Waals surface area (Å²) in [6.07, 6.45) is 1.54. The van der Waals surface area contributed by atoms with Crippen molar-refractivity contribution >= 4 is 31.9 Å². The van der Waals surface area contributed by atoms with Crippen molar-refractivity contribution in [1.82, 2.24) is 0 Å². The molecule has 0 saturated heterocycles. The Morgan fingerprint density at radius 2 is 1.88 bits per heavy atom. The molecule has 0 bridgehead atoms. The van der Waals surface area contributed by atoms with Crippen LogP contribution in [0.1, 0.15) is 17.4 Å². The molecule has 2 aromatic rings. The molecule has 1 atom stereocenters. The van der Waals surface area contributed by atoms with Crippen LogP contribution in [0.3, 0.4) is 0 Å². The average molecular weight is 346 g/mol. The first-order valence-corrected chi connectivity index (χ1v) is 6.40. The van der Waals surface area contributed by atoms with Gasteiger partial charge in [-0.15, -0.1) is 0 Å². The van der Waals surface area contributed by atoms with Crippen LogP contribution >= 0.6 is 31.9 Å². The minimum absolute atomic E-state index is 0.482. The summed E-state index contributed by atoms with van der Waals surface area (Å²) in [5.41, 5.74) is 0.859. The first-order chi connectivity index (χ1) is 7.65. The molecule has 1 N–H and O–H groups in total. The summed E-state index contributed by atoms with van der Waals surface area (Å²) in [4.78, 5) is 0. The Kier molecular flexibility index (Phi) is 3.84. The Bertz CT molecular complexity index is 446. The smallest absolute Gasteiger partial charge is 0.106 e. The number of halogens is 2. The van der Waals surface area contributed by atoms with Gasteiger partial charge in [-0.05, 0) is 35.9 Å². The molecule has 2 nitrogen and oxygen atoms in total. The van der Waals surface area contributed by atoms with Crippen LogP contribution in [0.4, 0.5) is 0 Å². The van der Waals surface area contributed by atoms with E-state index in [1.807, 2.05) is 30.3 Å².